The van der Waals surface area contributed by atoms with Gasteiger partial charge in [0.05, 0.1) is 0 Å². The van der Waals surface area contributed by atoms with Crippen LogP contribution in [0.2, 0.25) is 0 Å². The second-order valence-electron chi connectivity index (χ2n) is 3.58. The first-order valence-corrected chi connectivity index (χ1v) is 7.24. The average Bonchev–Trinajstić information content (AvgIpc) is 2.40. The van der Waals surface area contributed by atoms with Gasteiger partial charge in [-0.3, -0.25) is 0 Å². The number of halogens is 1. The van der Waals surface area contributed by atoms with E-state index in [9.17, 15) is 0 Å². The van der Waals surface area contributed by atoms with Gasteiger partial charge in [-0.1, -0.05) is 6.92 Å². The van der Waals surface area contributed by atoms with Gasteiger partial charge in [-0.25, -0.2) is 15.0 Å². The van der Waals surface area contributed by atoms with Crippen LogP contribution in [-0.2, 0) is 0 Å². The molecule has 0 atom stereocenters. The molecule has 0 aliphatic rings. The molecular formula is C12H13BrN4S. The maximum absolute atomic E-state index is 4.30. The smallest absolute Gasteiger partial charge is 0.130 e. The Morgan fingerprint density at radius 3 is 2.83 bits per heavy atom. The van der Waals surface area contributed by atoms with Gasteiger partial charge in [0.15, 0.2) is 0 Å². The van der Waals surface area contributed by atoms with E-state index in [-0.39, 0.29) is 0 Å². The van der Waals surface area contributed by atoms with Gasteiger partial charge in [-0.05, 0) is 46.2 Å². The average molecular weight is 325 g/mol. The summed E-state index contributed by atoms with van der Waals surface area (Å²) in [6, 6.07) is 5.85. The number of nitrogens with one attached hydrogen (secondary N) is 1. The molecule has 94 valence electrons. The van der Waals surface area contributed by atoms with E-state index in [0.717, 1.165) is 33.3 Å². The predicted molar refractivity (Wildman–Crippen MR) is 76.9 cm³/mol. The van der Waals surface area contributed by atoms with Crippen molar-refractivity contribution in [3.63, 3.8) is 0 Å². The van der Waals surface area contributed by atoms with Gasteiger partial charge < -0.3 is 5.32 Å². The first-order chi connectivity index (χ1) is 8.78. The summed E-state index contributed by atoms with van der Waals surface area (Å²) in [6.07, 6.45) is 4.42. The van der Waals surface area contributed by atoms with Gasteiger partial charge in [-0.15, -0.1) is 0 Å². The van der Waals surface area contributed by atoms with E-state index in [4.69, 9.17) is 0 Å². The second-order valence-corrected chi connectivity index (χ2v) is 5.54. The molecule has 2 aromatic heterocycles. The molecule has 4 nitrogen and oxygen atoms in total. The SMILES string of the molecule is CCCNc1cc(Sc2ccc(Br)cn2)ncn1. The lowest BCUT2D eigenvalue weighted by Crippen LogP contribution is -2.02. The summed E-state index contributed by atoms with van der Waals surface area (Å²) in [5.41, 5.74) is 0. The van der Waals surface area contributed by atoms with Crippen LogP contribution in [0.4, 0.5) is 5.82 Å². The third kappa shape index (κ3) is 3.96. The van der Waals surface area contributed by atoms with E-state index >= 15 is 0 Å². The topological polar surface area (TPSA) is 50.7 Å². The number of anilines is 1. The molecule has 0 aromatic carbocycles. The largest absolute Gasteiger partial charge is 0.370 e. The monoisotopic (exact) mass is 324 g/mol. The fraction of sp³-hybridized carbons (Fsp3) is 0.250. The summed E-state index contributed by atoms with van der Waals surface area (Å²) in [5, 5.41) is 5.04. The first kappa shape index (κ1) is 13.3. The minimum absolute atomic E-state index is 0.853. The fourth-order valence-corrected chi connectivity index (χ4v) is 2.24. The molecule has 18 heavy (non-hydrogen) atoms. The van der Waals surface area contributed by atoms with E-state index < -0.39 is 0 Å². The van der Waals surface area contributed by atoms with E-state index in [1.165, 1.54) is 11.8 Å². The van der Waals surface area contributed by atoms with E-state index in [1.54, 1.807) is 12.5 Å². The lowest BCUT2D eigenvalue weighted by Gasteiger charge is -2.05. The Morgan fingerprint density at radius 2 is 2.11 bits per heavy atom. The minimum Gasteiger partial charge on any atom is -0.370 e. The fourth-order valence-electron chi connectivity index (χ4n) is 1.27. The quantitative estimate of drug-likeness (QED) is 0.851. The summed E-state index contributed by atoms with van der Waals surface area (Å²) in [7, 11) is 0. The summed E-state index contributed by atoms with van der Waals surface area (Å²) in [6.45, 7) is 3.03. The van der Waals surface area contributed by atoms with Crippen molar-refractivity contribution in [2.45, 2.75) is 23.4 Å². The normalized spacial score (nSPS) is 10.3. The summed E-state index contributed by atoms with van der Waals surface area (Å²) in [4.78, 5) is 12.7. The highest BCUT2D eigenvalue weighted by Gasteiger charge is 2.02. The molecule has 0 aliphatic carbocycles. The van der Waals surface area contributed by atoms with Crippen LogP contribution in [0.1, 0.15) is 13.3 Å². The molecule has 6 heteroatoms. The van der Waals surface area contributed by atoms with Crippen molar-refractivity contribution in [1.29, 1.82) is 0 Å². The maximum Gasteiger partial charge on any atom is 0.130 e. The highest BCUT2D eigenvalue weighted by Crippen LogP contribution is 2.25. The maximum atomic E-state index is 4.30. The molecule has 0 unspecified atom stereocenters. The van der Waals surface area contributed by atoms with Crippen LogP contribution in [0, 0.1) is 0 Å². The van der Waals surface area contributed by atoms with Crippen molar-refractivity contribution in [1.82, 2.24) is 15.0 Å². The highest BCUT2D eigenvalue weighted by atomic mass is 79.9. The molecule has 0 bridgehead atoms. The van der Waals surface area contributed by atoms with Crippen LogP contribution in [0.5, 0.6) is 0 Å². The molecule has 2 aromatic rings. The summed E-state index contributed by atoms with van der Waals surface area (Å²) in [5.74, 6) is 0.853. The van der Waals surface area contributed by atoms with Crippen LogP contribution in [-0.4, -0.2) is 21.5 Å². The van der Waals surface area contributed by atoms with Gasteiger partial charge in [-0.2, -0.15) is 0 Å². The Balaban J connectivity index is 2.06. The molecule has 0 spiro atoms. The molecule has 0 fully saturated rings. The second kappa shape index (κ2) is 6.70. The molecule has 2 heterocycles. The number of pyridine rings is 1. The van der Waals surface area contributed by atoms with E-state index in [1.807, 2.05) is 18.2 Å². The zero-order chi connectivity index (χ0) is 12.8. The standard InChI is InChI=1S/C12H13BrN4S/c1-2-5-14-10-6-12(17-8-16-10)18-11-4-3-9(13)7-15-11/h3-4,6-8H,2,5H2,1H3,(H,14,16,17). The Kier molecular flexibility index (Phi) is 4.95. The summed E-state index contributed by atoms with van der Waals surface area (Å²) < 4.78 is 0.972. The van der Waals surface area contributed by atoms with Gasteiger partial charge in [0, 0.05) is 23.3 Å². The zero-order valence-corrected chi connectivity index (χ0v) is 12.3. The molecular weight excluding hydrogens is 312 g/mol. The van der Waals surface area contributed by atoms with Crippen molar-refractivity contribution >= 4 is 33.5 Å². The molecule has 1 N–H and O–H groups in total. The number of nitrogens with zero attached hydrogens (tertiary/aromatic N) is 3. The third-order valence-electron chi connectivity index (χ3n) is 2.11. The Morgan fingerprint density at radius 1 is 1.22 bits per heavy atom. The number of aromatic nitrogens is 3. The zero-order valence-electron chi connectivity index (χ0n) is 9.93. The van der Waals surface area contributed by atoms with Gasteiger partial charge >= 0.3 is 0 Å². The van der Waals surface area contributed by atoms with Crippen molar-refractivity contribution in [3.8, 4) is 0 Å². The molecule has 0 saturated heterocycles. The molecule has 0 amide bonds. The van der Waals surface area contributed by atoms with Crippen LogP contribution in [0.25, 0.3) is 0 Å². The van der Waals surface area contributed by atoms with Crippen molar-refractivity contribution in [2.75, 3.05) is 11.9 Å². The first-order valence-electron chi connectivity index (χ1n) is 5.63. The van der Waals surface area contributed by atoms with Gasteiger partial charge in [0.25, 0.3) is 0 Å². The minimum atomic E-state index is 0.853. The van der Waals surface area contributed by atoms with Crippen molar-refractivity contribution in [2.24, 2.45) is 0 Å². The molecule has 0 saturated carbocycles. The van der Waals surface area contributed by atoms with Crippen molar-refractivity contribution in [3.05, 3.63) is 35.2 Å². The third-order valence-corrected chi connectivity index (χ3v) is 3.46. The Bertz CT molecular complexity index is 504. The molecule has 0 radical (unpaired) electrons. The van der Waals surface area contributed by atoms with Gasteiger partial charge in [0.2, 0.25) is 0 Å². The van der Waals surface area contributed by atoms with Crippen LogP contribution in [0.15, 0.2) is 45.2 Å². The molecule has 0 aliphatic heterocycles. The number of hydrogen-bond acceptors (Lipinski definition) is 5. The highest BCUT2D eigenvalue weighted by molar-refractivity contribution is 9.10. The van der Waals surface area contributed by atoms with Crippen LogP contribution >= 0.6 is 27.7 Å². The van der Waals surface area contributed by atoms with Crippen LogP contribution in [0.3, 0.4) is 0 Å². The predicted octanol–water partition coefficient (Wildman–Crippen LogP) is 3.61. The summed E-state index contributed by atoms with van der Waals surface area (Å²) >= 11 is 4.88. The molecule has 2 rings (SSSR count). The number of hydrogen-bond donors (Lipinski definition) is 1. The lowest BCUT2D eigenvalue weighted by molar-refractivity contribution is 0.952. The lowest BCUT2D eigenvalue weighted by atomic mass is 10.4. The van der Waals surface area contributed by atoms with E-state index in [0.29, 0.717) is 0 Å². The van der Waals surface area contributed by atoms with Crippen LogP contribution < -0.4 is 5.32 Å². The Labute approximate surface area is 119 Å². The van der Waals surface area contributed by atoms with Crippen molar-refractivity contribution < 1.29 is 0 Å². The van der Waals surface area contributed by atoms with E-state index in [2.05, 4.69) is 43.1 Å². The van der Waals surface area contributed by atoms with Gasteiger partial charge in [0.1, 0.15) is 22.2 Å². The Hall–Kier alpha value is -1.14. The number of rotatable bonds is 5.